The summed E-state index contributed by atoms with van der Waals surface area (Å²) in [5, 5.41) is 0. The average molecular weight is 208 g/mol. The number of esters is 1. The first-order valence-corrected chi connectivity index (χ1v) is 4.78. The predicted molar refractivity (Wildman–Crippen MR) is 58.5 cm³/mol. The van der Waals surface area contributed by atoms with Crippen molar-refractivity contribution in [2.75, 3.05) is 13.1 Å². The Morgan fingerprint density at radius 3 is 2.13 bits per heavy atom. The molecule has 0 spiro atoms. The Morgan fingerprint density at radius 2 is 1.80 bits per heavy atom. The summed E-state index contributed by atoms with van der Waals surface area (Å²) in [4.78, 5) is 14.7. The molecular formula is C11H16N2O2. The van der Waals surface area contributed by atoms with Crippen molar-refractivity contribution in [1.29, 1.82) is 0 Å². The van der Waals surface area contributed by atoms with Gasteiger partial charge in [0.15, 0.2) is 0 Å². The summed E-state index contributed by atoms with van der Waals surface area (Å²) >= 11 is 0. The molecule has 1 heterocycles. The number of nitrogens with zero attached hydrogens (tertiary/aromatic N) is 2. The van der Waals surface area contributed by atoms with Crippen molar-refractivity contribution >= 4 is 5.97 Å². The fourth-order valence-corrected chi connectivity index (χ4v) is 1.39. The molecule has 0 bridgehead atoms. The van der Waals surface area contributed by atoms with Gasteiger partial charge in [0.05, 0.1) is 0 Å². The van der Waals surface area contributed by atoms with Gasteiger partial charge in [-0.15, -0.1) is 13.2 Å². The van der Waals surface area contributed by atoms with Crippen LogP contribution in [-0.4, -0.2) is 35.2 Å². The molecule has 0 saturated heterocycles. The van der Waals surface area contributed by atoms with Crippen LogP contribution < -0.4 is 0 Å². The molecule has 0 radical (unpaired) electrons. The van der Waals surface area contributed by atoms with Gasteiger partial charge in [0, 0.05) is 32.4 Å². The third-order valence-corrected chi connectivity index (χ3v) is 1.97. The zero-order valence-corrected chi connectivity index (χ0v) is 8.93. The summed E-state index contributed by atoms with van der Waals surface area (Å²) in [7, 11) is 0. The van der Waals surface area contributed by atoms with Gasteiger partial charge in [0.2, 0.25) is 0 Å². The molecule has 1 rings (SSSR count). The van der Waals surface area contributed by atoms with Crippen LogP contribution in [0.25, 0.3) is 0 Å². The zero-order chi connectivity index (χ0) is 11.3. The largest absolute Gasteiger partial charge is 0.423 e. The first-order chi connectivity index (χ1) is 7.19. The fraction of sp³-hybridized carbons (Fsp3) is 0.364. The van der Waals surface area contributed by atoms with Crippen LogP contribution in [0.15, 0.2) is 37.7 Å². The maximum Gasteiger partial charge on any atom is 0.305 e. The lowest BCUT2D eigenvalue weighted by Gasteiger charge is -2.30. The van der Waals surface area contributed by atoms with Gasteiger partial charge in [0.25, 0.3) is 6.35 Å². The number of carbonyl (C=O) groups is 1. The maximum atomic E-state index is 10.9. The molecule has 15 heavy (non-hydrogen) atoms. The molecule has 0 aliphatic carbocycles. The molecule has 0 fully saturated rings. The molecular weight excluding hydrogens is 192 g/mol. The third kappa shape index (κ3) is 2.87. The molecule has 0 amide bonds. The highest BCUT2D eigenvalue weighted by Crippen LogP contribution is 2.16. The Hall–Kier alpha value is -1.71. The second-order valence-electron chi connectivity index (χ2n) is 3.20. The molecule has 0 aromatic heterocycles. The molecule has 1 aliphatic rings. The van der Waals surface area contributed by atoms with E-state index >= 15 is 0 Å². The number of hydrogen-bond acceptors (Lipinski definition) is 4. The molecule has 0 saturated carbocycles. The van der Waals surface area contributed by atoms with E-state index in [-0.39, 0.29) is 12.3 Å². The first kappa shape index (κ1) is 11.4. The second-order valence-corrected chi connectivity index (χ2v) is 3.20. The van der Waals surface area contributed by atoms with Gasteiger partial charge in [-0.2, -0.15) is 0 Å². The van der Waals surface area contributed by atoms with Crippen molar-refractivity contribution < 1.29 is 9.53 Å². The number of hydrogen-bond donors (Lipinski definition) is 0. The van der Waals surface area contributed by atoms with E-state index in [2.05, 4.69) is 13.2 Å². The van der Waals surface area contributed by atoms with Crippen LogP contribution in [0.4, 0.5) is 0 Å². The third-order valence-electron chi connectivity index (χ3n) is 1.97. The maximum absolute atomic E-state index is 10.9. The van der Waals surface area contributed by atoms with Crippen molar-refractivity contribution in [3.63, 3.8) is 0 Å². The molecule has 4 heteroatoms. The highest BCUT2D eigenvalue weighted by Gasteiger charge is 2.27. The number of ether oxygens (including phenoxy) is 1. The molecule has 1 aliphatic heterocycles. The summed E-state index contributed by atoms with van der Waals surface area (Å²) < 4.78 is 5.20. The Balaban J connectivity index is 2.66. The van der Waals surface area contributed by atoms with Gasteiger partial charge in [-0.05, 0) is 0 Å². The lowest BCUT2D eigenvalue weighted by molar-refractivity contribution is -0.164. The van der Waals surface area contributed by atoms with E-state index in [1.165, 1.54) is 6.92 Å². The summed E-state index contributed by atoms with van der Waals surface area (Å²) in [6.07, 6.45) is 6.90. The number of rotatable bonds is 5. The van der Waals surface area contributed by atoms with Crippen LogP contribution in [0.3, 0.4) is 0 Å². The van der Waals surface area contributed by atoms with E-state index in [1.807, 2.05) is 22.2 Å². The van der Waals surface area contributed by atoms with Gasteiger partial charge in [-0.1, -0.05) is 12.2 Å². The minimum Gasteiger partial charge on any atom is -0.423 e. The standard InChI is InChI=1S/C11H16N2O2/c1-4-6-12-8-9-13(7-5-2)11(12)15-10(3)14/h4-5,8-9,11H,1-2,6-7H2,3H3. The molecule has 0 aromatic rings. The normalized spacial score (nSPS) is 15.5. The Kier molecular flexibility index (Phi) is 3.97. The van der Waals surface area contributed by atoms with Gasteiger partial charge in [0.1, 0.15) is 0 Å². The molecule has 0 atom stereocenters. The Bertz CT molecular complexity index is 266. The van der Waals surface area contributed by atoms with Gasteiger partial charge >= 0.3 is 5.97 Å². The van der Waals surface area contributed by atoms with Crippen LogP contribution in [-0.2, 0) is 9.53 Å². The van der Waals surface area contributed by atoms with Crippen molar-refractivity contribution in [1.82, 2.24) is 9.80 Å². The average Bonchev–Trinajstić information content (AvgIpc) is 2.51. The highest BCUT2D eigenvalue weighted by atomic mass is 16.6. The lowest BCUT2D eigenvalue weighted by atomic mass is 10.5. The molecule has 0 N–H and O–H groups in total. The predicted octanol–water partition coefficient (Wildman–Crippen LogP) is 1.29. The first-order valence-electron chi connectivity index (χ1n) is 4.78. The second kappa shape index (κ2) is 5.24. The van der Waals surface area contributed by atoms with Crippen LogP contribution in [0.5, 0.6) is 0 Å². The minimum atomic E-state index is -0.376. The van der Waals surface area contributed by atoms with Gasteiger partial charge in [-0.25, -0.2) is 0 Å². The summed E-state index contributed by atoms with van der Waals surface area (Å²) in [5.41, 5.74) is 0. The highest BCUT2D eigenvalue weighted by molar-refractivity contribution is 5.66. The lowest BCUT2D eigenvalue weighted by Crippen LogP contribution is -2.41. The van der Waals surface area contributed by atoms with Gasteiger partial charge < -0.3 is 14.5 Å². The van der Waals surface area contributed by atoms with E-state index in [0.29, 0.717) is 13.1 Å². The minimum absolute atomic E-state index is 0.299. The number of carbonyl (C=O) groups excluding carboxylic acids is 1. The monoisotopic (exact) mass is 208 g/mol. The SMILES string of the molecule is C=CCN1C=CN(CC=C)C1OC(C)=O. The smallest absolute Gasteiger partial charge is 0.305 e. The summed E-state index contributed by atoms with van der Waals surface area (Å²) in [6, 6.07) is 0. The molecule has 82 valence electrons. The van der Waals surface area contributed by atoms with E-state index in [0.717, 1.165) is 0 Å². The van der Waals surface area contributed by atoms with Crippen LogP contribution in [0.2, 0.25) is 0 Å². The van der Waals surface area contributed by atoms with E-state index in [9.17, 15) is 4.79 Å². The van der Waals surface area contributed by atoms with Crippen LogP contribution in [0, 0.1) is 0 Å². The van der Waals surface area contributed by atoms with E-state index in [1.54, 1.807) is 12.2 Å². The van der Waals surface area contributed by atoms with Crippen molar-refractivity contribution in [3.8, 4) is 0 Å². The van der Waals surface area contributed by atoms with E-state index in [4.69, 9.17) is 4.74 Å². The van der Waals surface area contributed by atoms with Gasteiger partial charge in [-0.3, -0.25) is 4.79 Å². The van der Waals surface area contributed by atoms with Crippen molar-refractivity contribution in [3.05, 3.63) is 37.7 Å². The van der Waals surface area contributed by atoms with Crippen LogP contribution in [0.1, 0.15) is 6.92 Å². The molecule has 0 aromatic carbocycles. The topological polar surface area (TPSA) is 32.8 Å². The Morgan fingerprint density at radius 1 is 1.33 bits per heavy atom. The summed E-state index contributed by atoms with van der Waals surface area (Å²) in [6.45, 7) is 9.99. The molecule has 0 unspecified atom stereocenters. The van der Waals surface area contributed by atoms with E-state index < -0.39 is 0 Å². The van der Waals surface area contributed by atoms with Crippen molar-refractivity contribution in [2.24, 2.45) is 0 Å². The quantitative estimate of drug-likeness (QED) is 0.503. The fourth-order valence-electron chi connectivity index (χ4n) is 1.39. The molecule has 4 nitrogen and oxygen atoms in total. The van der Waals surface area contributed by atoms with Crippen molar-refractivity contribution in [2.45, 2.75) is 13.3 Å². The van der Waals surface area contributed by atoms with Crippen LogP contribution >= 0.6 is 0 Å². The zero-order valence-electron chi connectivity index (χ0n) is 8.93. The Labute approximate surface area is 90.1 Å². The summed E-state index contributed by atoms with van der Waals surface area (Å²) in [5.74, 6) is -0.299.